The molecule has 1 aliphatic carbocycles. The van der Waals surface area contributed by atoms with Gasteiger partial charge in [-0.15, -0.1) is 0 Å². The molecule has 0 radical (unpaired) electrons. The van der Waals surface area contributed by atoms with Gasteiger partial charge in [0.05, 0.1) is 6.04 Å². The fourth-order valence-corrected chi connectivity index (χ4v) is 2.10. The summed E-state index contributed by atoms with van der Waals surface area (Å²) in [6.07, 6.45) is 7.97. The first-order valence-corrected chi connectivity index (χ1v) is 5.39. The van der Waals surface area contributed by atoms with Crippen LogP contribution in [0.4, 0.5) is 0 Å². The van der Waals surface area contributed by atoms with Gasteiger partial charge in [-0.3, -0.25) is 4.79 Å². The lowest BCUT2D eigenvalue weighted by Gasteiger charge is -2.27. The largest absolute Gasteiger partial charge is 0.378 e. The molecule has 16 heavy (non-hydrogen) atoms. The van der Waals surface area contributed by atoms with E-state index in [9.17, 15) is 4.79 Å². The molecule has 0 saturated heterocycles. The number of allylic oxidation sites excluding steroid dienone is 3. The number of likely N-dealkylation sites (N-methyl/N-ethyl adjacent to an activating group) is 1. The van der Waals surface area contributed by atoms with E-state index in [0.717, 1.165) is 5.70 Å². The van der Waals surface area contributed by atoms with Gasteiger partial charge >= 0.3 is 0 Å². The summed E-state index contributed by atoms with van der Waals surface area (Å²) in [6.45, 7) is 4.13. The maximum Gasteiger partial charge on any atom is 0.250 e. The highest BCUT2D eigenvalue weighted by Crippen LogP contribution is 2.25. The summed E-state index contributed by atoms with van der Waals surface area (Å²) in [5.74, 6) is -0.0399. The van der Waals surface area contributed by atoms with Gasteiger partial charge in [-0.2, -0.15) is 0 Å². The van der Waals surface area contributed by atoms with Gasteiger partial charge in [-0.05, 0) is 43.2 Å². The predicted octanol–water partition coefficient (Wildman–Crippen LogP) is 1.42. The standard InChI is InChI=1S/C13H16N2O/c1-8-6-9(2)15-12-7-10(13(16)14-3)4-5-11(8)12/h4-7,12,15H,1-3H3,(H,14,16). The van der Waals surface area contributed by atoms with Crippen LogP contribution in [-0.4, -0.2) is 19.0 Å². The Bertz CT molecular complexity index is 453. The van der Waals surface area contributed by atoms with Crippen LogP contribution in [0.15, 0.2) is 46.7 Å². The summed E-state index contributed by atoms with van der Waals surface area (Å²) in [5.41, 5.74) is 4.34. The minimum atomic E-state index is -0.0399. The molecule has 0 aromatic rings. The summed E-state index contributed by atoms with van der Waals surface area (Å²) in [4.78, 5) is 11.5. The van der Waals surface area contributed by atoms with Crippen molar-refractivity contribution in [2.24, 2.45) is 0 Å². The van der Waals surface area contributed by atoms with Crippen molar-refractivity contribution in [1.82, 2.24) is 10.6 Å². The Morgan fingerprint density at radius 3 is 2.81 bits per heavy atom. The van der Waals surface area contributed by atoms with Gasteiger partial charge in [0.1, 0.15) is 0 Å². The fraction of sp³-hybridized carbons (Fsp3) is 0.308. The number of nitrogens with one attached hydrogen (secondary N) is 2. The molecule has 2 rings (SSSR count). The molecule has 1 aliphatic heterocycles. The number of carbonyl (C=O) groups excluding carboxylic acids is 1. The molecule has 0 aromatic heterocycles. The Balaban J connectivity index is 2.33. The highest BCUT2D eigenvalue weighted by Gasteiger charge is 2.21. The Morgan fingerprint density at radius 1 is 1.38 bits per heavy atom. The molecule has 1 atom stereocenters. The van der Waals surface area contributed by atoms with Crippen LogP contribution in [0.5, 0.6) is 0 Å². The lowest BCUT2D eigenvalue weighted by atomic mass is 9.90. The average Bonchev–Trinajstić information content (AvgIpc) is 2.27. The molecule has 1 heterocycles. The lowest BCUT2D eigenvalue weighted by molar-refractivity contribution is -0.116. The normalized spacial score (nSPS) is 23.1. The molecular weight excluding hydrogens is 200 g/mol. The minimum Gasteiger partial charge on any atom is -0.378 e. The molecule has 1 unspecified atom stereocenters. The molecule has 0 fully saturated rings. The summed E-state index contributed by atoms with van der Waals surface area (Å²) in [7, 11) is 1.65. The molecule has 2 aliphatic rings. The van der Waals surface area contributed by atoms with Crippen LogP contribution in [0.25, 0.3) is 0 Å². The number of hydrogen-bond acceptors (Lipinski definition) is 2. The van der Waals surface area contributed by atoms with Crippen LogP contribution in [-0.2, 0) is 4.79 Å². The molecule has 1 amide bonds. The molecular formula is C13H16N2O. The maximum atomic E-state index is 11.5. The quantitative estimate of drug-likeness (QED) is 0.696. The van der Waals surface area contributed by atoms with Gasteiger partial charge in [0.2, 0.25) is 0 Å². The predicted molar refractivity (Wildman–Crippen MR) is 64.7 cm³/mol. The van der Waals surface area contributed by atoms with E-state index >= 15 is 0 Å². The highest BCUT2D eigenvalue weighted by molar-refractivity contribution is 5.96. The Kier molecular flexibility index (Phi) is 2.69. The fourth-order valence-electron chi connectivity index (χ4n) is 2.10. The highest BCUT2D eigenvalue weighted by atomic mass is 16.1. The monoisotopic (exact) mass is 216 g/mol. The lowest BCUT2D eigenvalue weighted by Crippen LogP contribution is -2.33. The molecule has 84 valence electrons. The number of fused-ring (bicyclic) bond motifs is 1. The first kappa shape index (κ1) is 10.7. The second-order valence-corrected chi connectivity index (χ2v) is 4.12. The Labute approximate surface area is 95.6 Å². The molecule has 0 spiro atoms. The van der Waals surface area contributed by atoms with Gasteiger partial charge in [-0.25, -0.2) is 0 Å². The van der Waals surface area contributed by atoms with E-state index in [0.29, 0.717) is 5.57 Å². The summed E-state index contributed by atoms with van der Waals surface area (Å²) >= 11 is 0. The summed E-state index contributed by atoms with van der Waals surface area (Å²) in [5, 5.41) is 5.99. The van der Waals surface area contributed by atoms with E-state index in [1.807, 2.05) is 25.2 Å². The van der Waals surface area contributed by atoms with Gasteiger partial charge < -0.3 is 10.6 Å². The molecule has 3 heteroatoms. The van der Waals surface area contributed by atoms with E-state index in [2.05, 4.69) is 23.6 Å². The number of carbonyl (C=O) groups is 1. The van der Waals surface area contributed by atoms with Crippen molar-refractivity contribution >= 4 is 5.91 Å². The van der Waals surface area contributed by atoms with Crippen molar-refractivity contribution < 1.29 is 4.79 Å². The second-order valence-electron chi connectivity index (χ2n) is 4.12. The SMILES string of the molecule is CNC(=O)C1=CC2NC(C)=CC(C)=C2C=C1. The maximum absolute atomic E-state index is 11.5. The number of dihydropyridines is 1. The van der Waals surface area contributed by atoms with Crippen LogP contribution in [0.2, 0.25) is 0 Å². The number of hydrogen-bond donors (Lipinski definition) is 2. The third-order valence-electron chi connectivity index (χ3n) is 2.88. The summed E-state index contributed by atoms with van der Waals surface area (Å²) in [6, 6.07) is 0.127. The zero-order valence-electron chi connectivity index (χ0n) is 9.79. The van der Waals surface area contributed by atoms with Gasteiger partial charge in [-0.1, -0.05) is 6.08 Å². The molecule has 2 N–H and O–H groups in total. The van der Waals surface area contributed by atoms with Crippen molar-refractivity contribution in [2.75, 3.05) is 7.05 Å². The van der Waals surface area contributed by atoms with E-state index < -0.39 is 0 Å². The molecule has 0 bridgehead atoms. The molecule has 0 saturated carbocycles. The van der Waals surface area contributed by atoms with Gasteiger partial charge in [0.15, 0.2) is 0 Å². The Hall–Kier alpha value is -1.77. The molecule has 3 nitrogen and oxygen atoms in total. The van der Waals surface area contributed by atoms with Crippen molar-refractivity contribution in [2.45, 2.75) is 19.9 Å². The van der Waals surface area contributed by atoms with Gasteiger partial charge in [0.25, 0.3) is 5.91 Å². The number of amides is 1. The molecule has 0 aromatic carbocycles. The van der Waals surface area contributed by atoms with E-state index in [1.54, 1.807) is 7.05 Å². The number of rotatable bonds is 1. The minimum absolute atomic E-state index is 0.0399. The topological polar surface area (TPSA) is 41.1 Å². The second kappa shape index (κ2) is 4.00. The van der Waals surface area contributed by atoms with Crippen LogP contribution in [0.1, 0.15) is 13.8 Å². The van der Waals surface area contributed by atoms with E-state index in [1.165, 1.54) is 11.1 Å². The smallest absolute Gasteiger partial charge is 0.250 e. The zero-order valence-corrected chi connectivity index (χ0v) is 9.79. The van der Waals surface area contributed by atoms with Crippen LogP contribution in [0, 0.1) is 0 Å². The van der Waals surface area contributed by atoms with Crippen LogP contribution >= 0.6 is 0 Å². The van der Waals surface area contributed by atoms with Gasteiger partial charge in [0, 0.05) is 18.3 Å². The van der Waals surface area contributed by atoms with Crippen molar-refractivity contribution in [1.29, 1.82) is 0 Å². The van der Waals surface area contributed by atoms with Crippen LogP contribution in [0.3, 0.4) is 0 Å². The van der Waals surface area contributed by atoms with E-state index in [4.69, 9.17) is 0 Å². The Morgan fingerprint density at radius 2 is 2.12 bits per heavy atom. The van der Waals surface area contributed by atoms with Crippen LogP contribution < -0.4 is 10.6 Å². The van der Waals surface area contributed by atoms with Crippen molar-refractivity contribution in [3.63, 3.8) is 0 Å². The first-order chi connectivity index (χ1) is 7.61. The third kappa shape index (κ3) is 1.81. The first-order valence-electron chi connectivity index (χ1n) is 5.39. The van der Waals surface area contributed by atoms with Crippen molar-refractivity contribution in [3.05, 3.63) is 46.7 Å². The summed E-state index contributed by atoms with van der Waals surface area (Å²) < 4.78 is 0. The average molecular weight is 216 g/mol. The van der Waals surface area contributed by atoms with E-state index in [-0.39, 0.29) is 11.9 Å². The third-order valence-corrected chi connectivity index (χ3v) is 2.88. The zero-order chi connectivity index (χ0) is 11.7. The van der Waals surface area contributed by atoms with Crippen molar-refractivity contribution in [3.8, 4) is 0 Å².